The Morgan fingerprint density at radius 1 is 1.28 bits per heavy atom. The molecule has 1 unspecified atom stereocenters. The number of aromatic nitrogens is 4. The van der Waals surface area contributed by atoms with Crippen LogP contribution in [0.3, 0.4) is 0 Å². The Balaban J connectivity index is 0.000000455. The molecule has 32 heavy (non-hydrogen) atoms. The molecule has 180 valence electrons. The molecular weight excluding hydrogens is 414 g/mol. The van der Waals surface area contributed by atoms with Crippen LogP contribution in [0.15, 0.2) is 24.3 Å². The fourth-order valence-electron chi connectivity index (χ4n) is 2.19. The van der Waals surface area contributed by atoms with E-state index in [1.54, 1.807) is 27.8 Å². The van der Waals surface area contributed by atoms with Crippen molar-refractivity contribution in [2.24, 2.45) is 7.05 Å². The summed E-state index contributed by atoms with van der Waals surface area (Å²) in [5.41, 5.74) is -0.507. The molecule has 11 heteroatoms. The lowest BCUT2D eigenvalue weighted by Crippen LogP contribution is -2.33. The Morgan fingerprint density at radius 2 is 1.97 bits per heavy atom. The van der Waals surface area contributed by atoms with Crippen molar-refractivity contribution in [3.05, 3.63) is 30.1 Å². The number of carbonyl (C=O) groups is 3. The van der Waals surface area contributed by atoms with Crippen LogP contribution in [0.25, 0.3) is 0 Å². The minimum atomic E-state index is -0.565. The molecule has 0 saturated carbocycles. The number of alkyl carbamates (subject to hydrolysis) is 1. The number of nitrogens with zero attached hydrogens (tertiary/aromatic N) is 4. The van der Waals surface area contributed by atoms with Crippen LogP contribution in [0.1, 0.15) is 45.9 Å². The summed E-state index contributed by atoms with van der Waals surface area (Å²) in [6, 6.07) is 0.0427. The van der Waals surface area contributed by atoms with Gasteiger partial charge in [-0.15, -0.1) is 10.2 Å². The molecule has 11 nitrogen and oxygen atoms in total. The number of amides is 1. The molecule has 0 radical (unpaired) electrons. The van der Waals surface area contributed by atoms with E-state index in [1.807, 2.05) is 13.1 Å². The lowest BCUT2D eigenvalue weighted by atomic mass is 10.1. The zero-order valence-electron chi connectivity index (χ0n) is 19.7. The monoisotopic (exact) mass is 451 g/mol. The number of rotatable bonds is 5. The number of nitrogens with one attached hydrogen (secondary N) is 3. The number of ether oxygens (including phenoxy) is 1. The molecule has 1 aliphatic heterocycles. The largest absolute Gasteiger partial charge is 0.444 e. The molecule has 0 aliphatic carbocycles. The molecule has 0 bridgehead atoms. The highest BCUT2D eigenvalue weighted by atomic mass is 16.6. The summed E-state index contributed by atoms with van der Waals surface area (Å²) >= 11 is 0. The summed E-state index contributed by atoms with van der Waals surface area (Å²) < 4.78 is 4.83. The number of hydrogen-bond acceptors (Lipinski definition) is 9. The Bertz CT molecular complexity index is 711. The van der Waals surface area contributed by atoms with Crippen LogP contribution in [0, 0.1) is 0 Å². The highest BCUT2D eigenvalue weighted by Gasteiger charge is 2.15. The molecular formula is C21H37N7O4. The first kappa shape index (κ1) is 29.1. The van der Waals surface area contributed by atoms with Gasteiger partial charge >= 0.3 is 6.09 Å². The van der Waals surface area contributed by atoms with Gasteiger partial charge in [-0.25, -0.2) is 4.79 Å². The predicted molar refractivity (Wildman–Crippen MR) is 122 cm³/mol. The quantitative estimate of drug-likeness (QED) is 0.561. The van der Waals surface area contributed by atoms with Crippen molar-refractivity contribution in [1.29, 1.82) is 0 Å². The summed E-state index contributed by atoms with van der Waals surface area (Å²) in [5, 5.41) is 19.7. The molecule has 0 spiro atoms. The SMILES string of the molecule is CC(C)(C)OC(=O)NCC=O.CNCc1nnn(C)n1.O=CC1CC/C=C\C=C/CCN1. The number of hydrogen-bond donors (Lipinski definition) is 3. The highest BCUT2D eigenvalue weighted by Crippen LogP contribution is 2.05. The van der Waals surface area contributed by atoms with E-state index in [2.05, 4.69) is 49.6 Å². The molecule has 2 rings (SSSR count). The predicted octanol–water partition coefficient (Wildman–Crippen LogP) is 1.08. The first-order chi connectivity index (χ1) is 15.2. The van der Waals surface area contributed by atoms with Gasteiger partial charge in [0.25, 0.3) is 0 Å². The summed E-state index contributed by atoms with van der Waals surface area (Å²) in [6.07, 6.45) is 12.2. The number of allylic oxidation sites excluding steroid dienone is 3. The zero-order chi connectivity index (χ0) is 24.2. The van der Waals surface area contributed by atoms with Gasteiger partial charge in [0, 0.05) is 0 Å². The van der Waals surface area contributed by atoms with Gasteiger partial charge in [-0.1, -0.05) is 24.3 Å². The van der Waals surface area contributed by atoms with Crippen molar-refractivity contribution in [3.63, 3.8) is 0 Å². The third-order valence-electron chi connectivity index (χ3n) is 3.52. The van der Waals surface area contributed by atoms with Gasteiger partial charge in [0.15, 0.2) is 5.82 Å². The van der Waals surface area contributed by atoms with Crippen LogP contribution >= 0.6 is 0 Å². The van der Waals surface area contributed by atoms with Crippen LogP contribution < -0.4 is 16.0 Å². The number of aldehydes is 2. The van der Waals surface area contributed by atoms with E-state index < -0.39 is 11.7 Å². The van der Waals surface area contributed by atoms with Crippen LogP contribution in [0.5, 0.6) is 0 Å². The average Bonchev–Trinajstić information content (AvgIpc) is 3.15. The van der Waals surface area contributed by atoms with Gasteiger partial charge in [-0.3, -0.25) is 0 Å². The maximum absolute atomic E-state index is 10.7. The second-order valence-corrected chi connectivity index (χ2v) is 7.69. The fraction of sp³-hybridized carbons (Fsp3) is 0.619. The Hall–Kier alpha value is -2.92. The molecule has 1 aromatic heterocycles. The fourth-order valence-corrected chi connectivity index (χ4v) is 2.19. The van der Waals surface area contributed by atoms with Crippen molar-refractivity contribution in [2.45, 2.75) is 58.2 Å². The minimum absolute atomic E-state index is 0.00505. The summed E-state index contributed by atoms with van der Waals surface area (Å²) in [6.45, 7) is 6.84. The van der Waals surface area contributed by atoms with Gasteiger partial charge in [0.1, 0.15) is 18.2 Å². The topological polar surface area (TPSA) is 140 Å². The van der Waals surface area contributed by atoms with Crippen LogP contribution in [-0.2, 0) is 27.9 Å². The Morgan fingerprint density at radius 3 is 2.50 bits per heavy atom. The van der Waals surface area contributed by atoms with Gasteiger partial charge in [-0.05, 0) is 58.8 Å². The van der Waals surface area contributed by atoms with Gasteiger partial charge < -0.3 is 30.3 Å². The number of aryl methyl sites for hydroxylation is 1. The molecule has 0 fully saturated rings. The molecule has 2 heterocycles. The molecule has 1 amide bonds. The van der Waals surface area contributed by atoms with Crippen molar-refractivity contribution in [1.82, 2.24) is 36.2 Å². The molecule has 1 aromatic rings. The number of tetrazole rings is 1. The minimum Gasteiger partial charge on any atom is -0.444 e. The number of carbonyl (C=O) groups excluding carboxylic acids is 3. The summed E-state index contributed by atoms with van der Waals surface area (Å²) in [5.74, 6) is 0.722. The molecule has 1 aliphatic rings. The van der Waals surface area contributed by atoms with Crippen molar-refractivity contribution in [2.75, 3.05) is 20.1 Å². The van der Waals surface area contributed by atoms with Crippen molar-refractivity contribution in [3.8, 4) is 0 Å². The van der Waals surface area contributed by atoms with E-state index in [-0.39, 0.29) is 12.6 Å². The van der Waals surface area contributed by atoms with E-state index in [0.29, 0.717) is 12.8 Å². The van der Waals surface area contributed by atoms with E-state index in [0.717, 1.165) is 37.9 Å². The molecule has 3 N–H and O–H groups in total. The third kappa shape index (κ3) is 17.9. The lowest BCUT2D eigenvalue weighted by molar-refractivity contribution is -0.109. The highest BCUT2D eigenvalue weighted by molar-refractivity contribution is 5.71. The standard InChI is InChI=1S/C10H15NO.C7H13NO3.C4H9N5/c12-9-10-7-5-3-1-2-4-6-8-11-10;1-7(2,3)11-6(10)8-4-5-9;1-5-3-4-6-8-9(2)7-4/h1-4,9-11H,5-8H2;5H,4H2,1-3H3,(H,8,10);5H,3H2,1-2H3/b3-1-,4-2-;;. The third-order valence-corrected chi connectivity index (χ3v) is 3.52. The zero-order valence-corrected chi connectivity index (χ0v) is 19.7. The first-order valence-electron chi connectivity index (χ1n) is 10.5. The molecule has 0 saturated heterocycles. The van der Waals surface area contributed by atoms with E-state index in [9.17, 15) is 14.4 Å². The second-order valence-electron chi connectivity index (χ2n) is 7.69. The van der Waals surface area contributed by atoms with Crippen LogP contribution in [-0.4, -0.2) is 70.7 Å². The Labute approximate surface area is 190 Å². The second kappa shape index (κ2) is 17.7. The lowest BCUT2D eigenvalue weighted by Gasteiger charge is -2.18. The van der Waals surface area contributed by atoms with E-state index in [1.165, 1.54) is 4.80 Å². The van der Waals surface area contributed by atoms with Crippen molar-refractivity contribution < 1.29 is 19.1 Å². The molecule has 0 aromatic carbocycles. The maximum Gasteiger partial charge on any atom is 0.408 e. The smallest absolute Gasteiger partial charge is 0.408 e. The van der Waals surface area contributed by atoms with E-state index >= 15 is 0 Å². The first-order valence-corrected chi connectivity index (χ1v) is 10.5. The van der Waals surface area contributed by atoms with Crippen LogP contribution in [0.4, 0.5) is 4.79 Å². The van der Waals surface area contributed by atoms with Crippen molar-refractivity contribution >= 4 is 18.7 Å². The van der Waals surface area contributed by atoms with Gasteiger partial charge in [0.05, 0.1) is 26.2 Å². The van der Waals surface area contributed by atoms with E-state index in [4.69, 9.17) is 4.74 Å². The average molecular weight is 452 g/mol. The van der Waals surface area contributed by atoms with Gasteiger partial charge in [0.2, 0.25) is 0 Å². The summed E-state index contributed by atoms with van der Waals surface area (Å²) in [7, 11) is 3.59. The summed E-state index contributed by atoms with van der Waals surface area (Å²) in [4.78, 5) is 32.5. The van der Waals surface area contributed by atoms with Crippen LogP contribution in [0.2, 0.25) is 0 Å². The molecule has 1 atom stereocenters. The Kier molecular flexibility index (Phi) is 16.1. The normalized spacial score (nSPS) is 17.8. The maximum atomic E-state index is 10.7. The van der Waals surface area contributed by atoms with Gasteiger partial charge in [-0.2, -0.15) is 4.80 Å².